The van der Waals surface area contributed by atoms with E-state index in [-0.39, 0.29) is 17.4 Å². The fourth-order valence-corrected chi connectivity index (χ4v) is 3.38. The van der Waals surface area contributed by atoms with Crippen LogP contribution in [0.25, 0.3) is 0 Å². The van der Waals surface area contributed by atoms with Crippen molar-refractivity contribution in [2.75, 3.05) is 12.4 Å². The fourth-order valence-electron chi connectivity index (χ4n) is 2.11. The minimum atomic E-state index is -3.76. The molecule has 1 aromatic carbocycles. The number of carbonyl (C=O) groups excluding carboxylic acids is 2. The highest BCUT2D eigenvalue weighted by atomic mass is 32.2. The third-order valence-electron chi connectivity index (χ3n) is 3.27. The van der Waals surface area contributed by atoms with E-state index in [2.05, 4.69) is 0 Å². The topological polar surface area (TPSA) is 77.5 Å². The largest absolute Gasteiger partial charge is 0.465 e. The molecule has 0 aromatic heterocycles. The summed E-state index contributed by atoms with van der Waals surface area (Å²) in [6, 6.07) is 6.27. The summed E-state index contributed by atoms with van der Waals surface area (Å²) < 4.78 is 29.4. The number of hydrogen-bond acceptors (Lipinski definition) is 5. The quantitative estimate of drug-likeness (QED) is 0.567. The lowest BCUT2D eigenvalue weighted by Crippen LogP contribution is -2.34. The third kappa shape index (κ3) is 4.66. The maximum atomic E-state index is 12.3. The first-order chi connectivity index (χ1) is 10.2. The first-order valence-electron chi connectivity index (χ1n) is 7.17. The Morgan fingerprint density at radius 1 is 1.14 bits per heavy atom. The lowest BCUT2D eigenvalue weighted by Gasteiger charge is -2.17. The second-order valence-corrected chi connectivity index (χ2v) is 7.50. The Bertz CT molecular complexity index is 629. The van der Waals surface area contributed by atoms with Gasteiger partial charge in [-0.1, -0.05) is 31.5 Å². The highest BCUT2D eigenvalue weighted by molar-refractivity contribution is 7.92. The number of hydrogen-bond donors (Lipinski definition) is 0. The van der Waals surface area contributed by atoms with Crippen molar-refractivity contribution in [1.82, 2.24) is 0 Å². The minimum absolute atomic E-state index is 0.0813. The molecular formula is C16H22O5S. The summed E-state index contributed by atoms with van der Waals surface area (Å²) in [5, 5.41) is 0. The number of ketones is 1. The molecule has 0 aliphatic carbocycles. The summed E-state index contributed by atoms with van der Waals surface area (Å²) in [7, 11) is -3.76. The number of Topliss-reactive ketones (excluding diaryl/α,β-unsaturated/α-hetero) is 1. The summed E-state index contributed by atoms with van der Waals surface area (Å²) in [4.78, 5) is 24.2. The van der Waals surface area contributed by atoms with Crippen LogP contribution in [0.1, 0.15) is 26.3 Å². The highest BCUT2D eigenvalue weighted by Crippen LogP contribution is 2.19. The smallest absolute Gasteiger partial charge is 0.316 e. The van der Waals surface area contributed by atoms with Crippen LogP contribution in [-0.4, -0.2) is 32.5 Å². The maximum Gasteiger partial charge on any atom is 0.316 e. The van der Waals surface area contributed by atoms with Gasteiger partial charge in [0.2, 0.25) is 0 Å². The van der Waals surface area contributed by atoms with Gasteiger partial charge in [-0.05, 0) is 31.9 Å². The summed E-state index contributed by atoms with van der Waals surface area (Å²) in [6.07, 6.45) is 0. The lowest BCUT2D eigenvalue weighted by molar-refractivity contribution is -0.152. The first-order valence-corrected chi connectivity index (χ1v) is 8.83. The number of rotatable bonds is 7. The Morgan fingerprint density at radius 2 is 1.68 bits per heavy atom. The van der Waals surface area contributed by atoms with Gasteiger partial charge in [-0.15, -0.1) is 0 Å². The van der Waals surface area contributed by atoms with Crippen LogP contribution in [0.5, 0.6) is 0 Å². The Hall–Kier alpha value is -1.69. The Kier molecular flexibility index (Phi) is 6.29. The van der Waals surface area contributed by atoms with Crippen molar-refractivity contribution in [3.8, 4) is 0 Å². The number of aryl methyl sites for hydroxylation is 1. The van der Waals surface area contributed by atoms with Crippen LogP contribution in [-0.2, 0) is 24.2 Å². The summed E-state index contributed by atoms with van der Waals surface area (Å²) in [5.41, 5.74) is 0.928. The van der Waals surface area contributed by atoms with Crippen LogP contribution in [0.15, 0.2) is 29.2 Å². The van der Waals surface area contributed by atoms with Crippen molar-refractivity contribution in [3.63, 3.8) is 0 Å². The van der Waals surface area contributed by atoms with Crippen LogP contribution in [0, 0.1) is 18.8 Å². The van der Waals surface area contributed by atoms with Gasteiger partial charge in [-0.25, -0.2) is 8.42 Å². The molecule has 122 valence electrons. The molecule has 0 saturated heterocycles. The molecular weight excluding hydrogens is 304 g/mol. The van der Waals surface area contributed by atoms with Gasteiger partial charge in [0.15, 0.2) is 15.6 Å². The van der Waals surface area contributed by atoms with Crippen LogP contribution in [0.3, 0.4) is 0 Å². The van der Waals surface area contributed by atoms with Crippen LogP contribution >= 0.6 is 0 Å². The number of carbonyl (C=O) groups is 2. The number of sulfone groups is 1. The molecule has 0 amide bonds. The van der Waals surface area contributed by atoms with E-state index in [1.54, 1.807) is 32.9 Å². The van der Waals surface area contributed by atoms with E-state index in [9.17, 15) is 18.0 Å². The molecule has 0 N–H and O–H groups in total. The van der Waals surface area contributed by atoms with Gasteiger partial charge in [0, 0.05) is 0 Å². The standard InChI is InChI=1S/C16H22O5S/c1-5-21-16(18)15(11(2)3)14(17)10-22(19,20)13-8-6-12(4)7-9-13/h6-9,11,15H,5,10H2,1-4H3. The van der Waals surface area contributed by atoms with Gasteiger partial charge in [0.05, 0.1) is 11.5 Å². The normalized spacial score (nSPS) is 13.0. The molecule has 22 heavy (non-hydrogen) atoms. The van der Waals surface area contributed by atoms with Crippen molar-refractivity contribution in [2.45, 2.75) is 32.6 Å². The van der Waals surface area contributed by atoms with Crippen molar-refractivity contribution in [1.29, 1.82) is 0 Å². The third-order valence-corrected chi connectivity index (χ3v) is 4.92. The van der Waals surface area contributed by atoms with E-state index < -0.39 is 33.3 Å². The molecule has 0 fully saturated rings. The van der Waals surface area contributed by atoms with Gasteiger partial charge in [-0.2, -0.15) is 0 Å². The van der Waals surface area contributed by atoms with E-state index >= 15 is 0 Å². The molecule has 0 bridgehead atoms. The fraction of sp³-hybridized carbons (Fsp3) is 0.500. The molecule has 1 rings (SSSR count). The van der Waals surface area contributed by atoms with E-state index in [1.165, 1.54) is 12.1 Å². The average Bonchev–Trinajstić information content (AvgIpc) is 2.38. The Labute approximate surface area is 131 Å². The van der Waals surface area contributed by atoms with E-state index in [4.69, 9.17) is 4.74 Å². The maximum absolute atomic E-state index is 12.3. The second kappa shape index (κ2) is 7.54. The molecule has 0 radical (unpaired) electrons. The number of esters is 1. The zero-order valence-electron chi connectivity index (χ0n) is 13.3. The highest BCUT2D eigenvalue weighted by Gasteiger charge is 2.34. The minimum Gasteiger partial charge on any atom is -0.465 e. The molecule has 5 nitrogen and oxygen atoms in total. The Morgan fingerprint density at radius 3 is 2.14 bits per heavy atom. The van der Waals surface area contributed by atoms with E-state index in [0.717, 1.165) is 5.56 Å². The lowest BCUT2D eigenvalue weighted by atomic mass is 9.92. The average molecular weight is 326 g/mol. The Balaban J connectivity index is 2.97. The monoisotopic (exact) mass is 326 g/mol. The molecule has 6 heteroatoms. The van der Waals surface area contributed by atoms with Gasteiger partial charge < -0.3 is 4.74 Å². The van der Waals surface area contributed by atoms with Crippen molar-refractivity contribution in [2.24, 2.45) is 11.8 Å². The van der Waals surface area contributed by atoms with Gasteiger partial charge in [0.1, 0.15) is 11.7 Å². The van der Waals surface area contributed by atoms with Crippen LogP contribution in [0.4, 0.5) is 0 Å². The van der Waals surface area contributed by atoms with Crippen molar-refractivity contribution in [3.05, 3.63) is 29.8 Å². The summed E-state index contributed by atoms with van der Waals surface area (Å²) in [6.45, 7) is 7.02. The summed E-state index contributed by atoms with van der Waals surface area (Å²) >= 11 is 0. The predicted molar refractivity (Wildman–Crippen MR) is 83.2 cm³/mol. The van der Waals surface area contributed by atoms with Gasteiger partial charge in [-0.3, -0.25) is 9.59 Å². The summed E-state index contributed by atoms with van der Waals surface area (Å²) in [5.74, 6) is -3.37. The molecule has 1 unspecified atom stereocenters. The molecule has 1 aromatic rings. The molecule has 0 aliphatic heterocycles. The van der Waals surface area contributed by atoms with E-state index in [1.807, 2.05) is 6.92 Å². The number of ether oxygens (including phenoxy) is 1. The van der Waals surface area contributed by atoms with Crippen LogP contribution in [0.2, 0.25) is 0 Å². The van der Waals surface area contributed by atoms with Crippen molar-refractivity contribution < 1.29 is 22.7 Å². The molecule has 1 atom stereocenters. The van der Waals surface area contributed by atoms with Crippen LogP contribution < -0.4 is 0 Å². The molecule has 0 saturated carbocycles. The molecule has 0 spiro atoms. The zero-order chi connectivity index (χ0) is 16.9. The van der Waals surface area contributed by atoms with Gasteiger partial charge in [0.25, 0.3) is 0 Å². The molecule has 0 heterocycles. The van der Waals surface area contributed by atoms with E-state index in [0.29, 0.717) is 0 Å². The predicted octanol–water partition coefficient (Wildman–Crippen LogP) is 2.17. The molecule has 0 aliphatic rings. The van der Waals surface area contributed by atoms with Gasteiger partial charge >= 0.3 is 5.97 Å². The second-order valence-electron chi connectivity index (χ2n) is 5.51. The van der Waals surface area contributed by atoms with Crippen molar-refractivity contribution >= 4 is 21.6 Å². The zero-order valence-corrected chi connectivity index (χ0v) is 14.1. The number of benzene rings is 1. The SMILES string of the molecule is CCOC(=O)C(C(=O)CS(=O)(=O)c1ccc(C)cc1)C(C)C. The first kappa shape index (κ1) is 18.4.